The molecule has 1 fully saturated rings. The summed E-state index contributed by atoms with van der Waals surface area (Å²) in [6, 6.07) is 10.8. The van der Waals surface area contributed by atoms with E-state index in [0.717, 1.165) is 42.4 Å². The fourth-order valence-electron chi connectivity index (χ4n) is 3.70. The molecule has 3 aromatic rings. The van der Waals surface area contributed by atoms with Gasteiger partial charge in [-0.3, -0.25) is 9.59 Å². The summed E-state index contributed by atoms with van der Waals surface area (Å²) in [5.74, 6) is -0.129. The Morgan fingerprint density at radius 3 is 2.46 bits per heavy atom. The van der Waals surface area contributed by atoms with Crippen LogP contribution in [0.15, 0.2) is 40.8 Å². The second kappa shape index (κ2) is 7.32. The average Bonchev–Trinajstić information content (AvgIpc) is 3.32. The van der Waals surface area contributed by atoms with Crippen molar-refractivity contribution in [2.45, 2.75) is 26.7 Å². The van der Waals surface area contributed by atoms with Crippen molar-refractivity contribution in [2.75, 3.05) is 18.4 Å². The minimum Gasteiger partial charge on any atom is -0.449 e. The maximum atomic E-state index is 12.9. The van der Waals surface area contributed by atoms with Gasteiger partial charge in [-0.15, -0.1) is 0 Å². The number of para-hydroxylation sites is 1. The molecule has 0 aliphatic carbocycles. The van der Waals surface area contributed by atoms with Gasteiger partial charge in [-0.05, 0) is 50.5 Å². The third-order valence-electron chi connectivity index (χ3n) is 5.33. The fraction of sp³-hybridized carbons (Fsp3) is 0.273. The summed E-state index contributed by atoms with van der Waals surface area (Å²) in [4.78, 5) is 27.5. The molecule has 1 N–H and O–H groups in total. The first-order valence-corrected chi connectivity index (χ1v) is 9.73. The molecule has 28 heavy (non-hydrogen) atoms. The van der Waals surface area contributed by atoms with E-state index >= 15 is 0 Å². The lowest BCUT2D eigenvalue weighted by Crippen LogP contribution is -2.28. The molecule has 0 bridgehead atoms. The zero-order chi connectivity index (χ0) is 19.8. The molecule has 144 valence electrons. The molecule has 0 unspecified atom stereocenters. The molecule has 1 aliphatic heterocycles. The van der Waals surface area contributed by atoms with E-state index in [0.29, 0.717) is 21.9 Å². The zero-order valence-electron chi connectivity index (χ0n) is 15.8. The van der Waals surface area contributed by atoms with Crippen LogP contribution >= 0.6 is 11.6 Å². The van der Waals surface area contributed by atoms with E-state index in [4.69, 9.17) is 16.0 Å². The maximum Gasteiger partial charge on any atom is 0.291 e. The molecular formula is C22H21ClN2O3. The van der Waals surface area contributed by atoms with Gasteiger partial charge in [0, 0.05) is 35.3 Å². The first-order valence-electron chi connectivity index (χ1n) is 9.35. The van der Waals surface area contributed by atoms with Crippen LogP contribution in [0, 0.1) is 13.8 Å². The minimum atomic E-state index is -0.362. The number of anilines is 1. The number of rotatable bonds is 3. The van der Waals surface area contributed by atoms with Crippen molar-refractivity contribution in [3.63, 3.8) is 0 Å². The fourth-order valence-corrected chi connectivity index (χ4v) is 3.91. The predicted octanol–water partition coefficient (Wildman–Crippen LogP) is 5.19. The number of aryl methyl sites for hydroxylation is 1. The van der Waals surface area contributed by atoms with Crippen molar-refractivity contribution >= 4 is 40.1 Å². The van der Waals surface area contributed by atoms with Crippen molar-refractivity contribution < 1.29 is 14.0 Å². The lowest BCUT2D eigenvalue weighted by Gasteiger charge is -2.18. The first kappa shape index (κ1) is 18.6. The second-order valence-corrected chi connectivity index (χ2v) is 7.51. The van der Waals surface area contributed by atoms with Gasteiger partial charge in [-0.25, -0.2) is 0 Å². The number of carbonyl (C=O) groups excluding carboxylic acids is 2. The Labute approximate surface area is 168 Å². The van der Waals surface area contributed by atoms with E-state index in [1.54, 1.807) is 24.3 Å². The summed E-state index contributed by atoms with van der Waals surface area (Å²) in [6.45, 7) is 5.25. The van der Waals surface area contributed by atoms with E-state index in [9.17, 15) is 9.59 Å². The van der Waals surface area contributed by atoms with Gasteiger partial charge in [-0.1, -0.05) is 29.8 Å². The number of nitrogens with zero attached hydrogens (tertiary/aromatic N) is 1. The lowest BCUT2D eigenvalue weighted by molar-refractivity contribution is 0.0791. The highest BCUT2D eigenvalue weighted by molar-refractivity contribution is 6.35. The highest BCUT2D eigenvalue weighted by Crippen LogP contribution is 2.31. The number of benzene rings is 2. The Kier molecular flexibility index (Phi) is 4.85. The number of fused-ring (bicyclic) bond motifs is 1. The Hall–Kier alpha value is -2.79. The van der Waals surface area contributed by atoms with Gasteiger partial charge in [-0.2, -0.15) is 0 Å². The van der Waals surface area contributed by atoms with Crippen molar-refractivity contribution in [3.05, 3.63) is 63.9 Å². The third kappa shape index (κ3) is 3.16. The molecule has 0 atom stereocenters. The molecule has 4 rings (SSSR count). The van der Waals surface area contributed by atoms with E-state index in [-0.39, 0.29) is 17.6 Å². The second-order valence-electron chi connectivity index (χ2n) is 7.10. The molecular weight excluding hydrogens is 376 g/mol. The summed E-state index contributed by atoms with van der Waals surface area (Å²) in [5, 5.41) is 4.17. The summed E-state index contributed by atoms with van der Waals surface area (Å²) in [5.41, 5.74) is 3.20. The van der Waals surface area contributed by atoms with E-state index in [1.165, 1.54) is 0 Å². The molecule has 2 heterocycles. The lowest BCUT2D eigenvalue weighted by atomic mass is 10.1. The van der Waals surface area contributed by atoms with E-state index < -0.39 is 0 Å². The number of amides is 2. The van der Waals surface area contributed by atoms with Crippen LogP contribution in [0.2, 0.25) is 5.02 Å². The molecule has 0 saturated carbocycles. The van der Waals surface area contributed by atoms with Gasteiger partial charge in [0.1, 0.15) is 0 Å². The van der Waals surface area contributed by atoms with Gasteiger partial charge in [0.05, 0.1) is 5.02 Å². The topological polar surface area (TPSA) is 62.6 Å². The van der Waals surface area contributed by atoms with Gasteiger partial charge in [0.15, 0.2) is 11.3 Å². The number of hydrogen-bond donors (Lipinski definition) is 1. The zero-order valence-corrected chi connectivity index (χ0v) is 16.6. The average molecular weight is 397 g/mol. The molecule has 1 aromatic heterocycles. The Morgan fingerprint density at radius 2 is 1.75 bits per heavy atom. The number of nitrogens with one attached hydrogen (secondary N) is 1. The summed E-state index contributed by atoms with van der Waals surface area (Å²) in [6.07, 6.45) is 2.07. The highest BCUT2D eigenvalue weighted by Gasteiger charge is 2.23. The molecule has 2 amide bonds. The Morgan fingerprint density at radius 1 is 1.04 bits per heavy atom. The Bertz CT molecular complexity index is 1080. The first-order chi connectivity index (χ1) is 13.5. The van der Waals surface area contributed by atoms with Gasteiger partial charge >= 0.3 is 0 Å². The molecule has 0 radical (unpaired) electrons. The smallest absolute Gasteiger partial charge is 0.291 e. The van der Waals surface area contributed by atoms with E-state index in [2.05, 4.69) is 5.32 Å². The van der Waals surface area contributed by atoms with Crippen LogP contribution in [-0.4, -0.2) is 29.8 Å². The molecule has 1 saturated heterocycles. The van der Waals surface area contributed by atoms with Gasteiger partial charge in [0.25, 0.3) is 11.8 Å². The van der Waals surface area contributed by atoms with Crippen LogP contribution in [0.4, 0.5) is 5.69 Å². The summed E-state index contributed by atoms with van der Waals surface area (Å²) >= 11 is 6.18. The number of carbonyl (C=O) groups is 2. The molecule has 5 nitrogen and oxygen atoms in total. The standard InChI is InChI=1S/C22H21ClN2O3/c1-13-16(22(27)25-11-3-4-12-25)8-6-10-18(13)24-21(26)19-14(2)15-7-5-9-17(23)20(15)28-19/h5-10H,3-4,11-12H2,1-2H3,(H,24,26). The van der Waals surface area contributed by atoms with Crippen molar-refractivity contribution in [2.24, 2.45) is 0 Å². The third-order valence-corrected chi connectivity index (χ3v) is 5.63. The predicted molar refractivity (Wildman–Crippen MR) is 110 cm³/mol. The molecule has 1 aliphatic rings. The van der Waals surface area contributed by atoms with E-state index in [1.807, 2.05) is 30.9 Å². The van der Waals surface area contributed by atoms with Crippen LogP contribution in [0.25, 0.3) is 11.0 Å². The van der Waals surface area contributed by atoms with Crippen molar-refractivity contribution in [1.29, 1.82) is 0 Å². The summed E-state index contributed by atoms with van der Waals surface area (Å²) < 4.78 is 5.74. The summed E-state index contributed by atoms with van der Waals surface area (Å²) in [7, 11) is 0. The molecule has 6 heteroatoms. The SMILES string of the molecule is Cc1c(NC(=O)c2oc3c(Cl)cccc3c2C)cccc1C(=O)N1CCCC1. The van der Waals surface area contributed by atoms with Crippen LogP contribution in [-0.2, 0) is 0 Å². The van der Waals surface area contributed by atoms with Crippen LogP contribution in [0.1, 0.15) is 44.9 Å². The quantitative estimate of drug-likeness (QED) is 0.662. The van der Waals surface area contributed by atoms with Crippen LogP contribution in [0.5, 0.6) is 0 Å². The van der Waals surface area contributed by atoms with Crippen molar-refractivity contribution in [1.82, 2.24) is 4.90 Å². The van der Waals surface area contributed by atoms with Gasteiger partial charge < -0.3 is 14.6 Å². The number of likely N-dealkylation sites (tertiary alicyclic amines) is 1. The maximum absolute atomic E-state index is 12.9. The normalized spacial score (nSPS) is 13.9. The Balaban J connectivity index is 1.63. The highest BCUT2D eigenvalue weighted by atomic mass is 35.5. The number of furan rings is 1. The molecule has 2 aromatic carbocycles. The van der Waals surface area contributed by atoms with Crippen LogP contribution < -0.4 is 5.32 Å². The minimum absolute atomic E-state index is 0.0119. The number of hydrogen-bond acceptors (Lipinski definition) is 3. The monoisotopic (exact) mass is 396 g/mol. The molecule has 0 spiro atoms. The van der Waals surface area contributed by atoms with Gasteiger partial charge in [0.2, 0.25) is 0 Å². The largest absolute Gasteiger partial charge is 0.449 e. The number of halogens is 1. The van der Waals surface area contributed by atoms with Crippen molar-refractivity contribution in [3.8, 4) is 0 Å². The van der Waals surface area contributed by atoms with Crippen LogP contribution in [0.3, 0.4) is 0 Å².